The number of fused-ring (bicyclic) bond motifs is 3. The molecule has 0 aliphatic carbocycles. The Balaban J connectivity index is 2.40. The summed E-state index contributed by atoms with van der Waals surface area (Å²) in [6, 6.07) is 5.59. The predicted molar refractivity (Wildman–Crippen MR) is 62.3 cm³/mol. The first-order valence-electron chi connectivity index (χ1n) is 4.77. The molecule has 0 bridgehead atoms. The lowest BCUT2D eigenvalue weighted by atomic mass is 10.3. The zero-order valence-corrected chi connectivity index (χ0v) is 9.28. The molecule has 0 aliphatic rings. The molecule has 3 rings (SSSR count). The molecule has 0 atom stereocenters. The molecule has 0 saturated carbocycles. The number of thiophene rings is 1. The first-order valence-corrected chi connectivity index (χ1v) is 5.58. The van der Waals surface area contributed by atoms with Gasteiger partial charge in [-0.05, 0) is 24.6 Å². The van der Waals surface area contributed by atoms with Gasteiger partial charge in [-0.25, -0.2) is 9.78 Å². The number of carbonyl (C=O) groups is 1. The molecule has 0 saturated heterocycles. The van der Waals surface area contributed by atoms with Gasteiger partial charge in [0.15, 0.2) is 0 Å². The van der Waals surface area contributed by atoms with E-state index in [1.807, 2.05) is 29.7 Å². The van der Waals surface area contributed by atoms with Crippen LogP contribution < -0.4 is 0 Å². The predicted octanol–water partition coefficient (Wildman–Crippen LogP) is 2.56. The van der Waals surface area contributed by atoms with E-state index in [2.05, 4.69) is 4.98 Å². The highest BCUT2D eigenvalue weighted by Crippen LogP contribution is 2.26. The van der Waals surface area contributed by atoms with Crippen LogP contribution >= 0.6 is 11.3 Å². The van der Waals surface area contributed by atoms with Gasteiger partial charge in [-0.1, -0.05) is 6.07 Å². The SMILES string of the molecule is Cc1ccc2nc3sc(C(=O)O)cc3n2c1. The van der Waals surface area contributed by atoms with Crippen molar-refractivity contribution in [2.45, 2.75) is 6.92 Å². The highest BCUT2D eigenvalue weighted by atomic mass is 32.1. The van der Waals surface area contributed by atoms with Crippen LogP contribution in [-0.2, 0) is 0 Å². The van der Waals surface area contributed by atoms with E-state index in [1.165, 1.54) is 11.3 Å². The van der Waals surface area contributed by atoms with Gasteiger partial charge in [0.1, 0.15) is 15.4 Å². The average Bonchev–Trinajstić information content (AvgIpc) is 2.75. The molecule has 1 N–H and O–H groups in total. The Kier molecular flexibility index (Phi) is 1.79. The Morgan fingerprint density at radius 3 is 3.06 bits per heavy atom. The van der Waals surface area contributed by atoms with Gasteiger partial charge in [0.25, 0.3) is 0 Å². The van der Waals surface area contributed by atoms with Gasteiger partial charge in [-0.3, -0.25) is 4.40 Å². The van der Waals surface area contributed by atoms with Crippen LogP contribution in [0.25, 0.3) is 16.0 Å². The van der Waals surface area contributed by atoms with E-state index in [-0.39, 0.29) is 0 Å². The van der Waals surface area contributed by atoms with Crippen LogP contribution in [0.3, 0.4) is 0 Å². The van der Waals surface area contributed by atoms with Crippen molar-refractivity contribution in [3.63, 3.8) is 0 Å². The van der Waals surface area contributed by atoms with Crippen molar-refractivity contribution in [1.82, 2.24) is 9.38 Å². The number of carboxylic acids is 1. The molecule has 4 nitrogen and oxygen atoms in total. The summed E-state index contributed by atoms with van der Waals surface area (Å²) in [5, 5.41) is 8.90. The van der Waals surface area contributed by atoms with Gasteiger partial charge in [-0.15, -0.1) is 11.3 Å². The molecule has 3 heterocycles. The minimum absolute atomic E-state index is 0.327. The lowest BCUT2D eigenvalue weighted by Crippen LogP contribution is -1.91. The first-order chi connectivity index (χ1) is 7.65. The molecule has 0 aliphatic heterocycles. The molecule has 0 aromatic carbocycles. The van der Waals surface area contributed by atoms with Crippen molar-refractivity contribution in [3.05, 3.63) is 34.8 Å². The van der Waals surface area contributed by atoms with Crippen LogP contribution in [0.5, 0.6) is 0 Å². The summed E-state index contributed by atoms with van der Waals surface area (Å²) in [6.45, 7) is 2.00. The third-order valence-corrected chi connectivity index (χ3v) is 3.46. The van der Waals surface area contributed by atoms with Gasteiger partial charge < -0.3 is 5.11 Å². The molecular formula is C11H8N2O2S. The fourth-order valence-corrected chi connectivity index (χ4v) is 2.58. The Bertz CT molecular complexity index is 711. The number of hydrogen-bond donors (Lipinski definition) is 1. The summed E-state index contributed by atoms with van der Waals surface area (Å²) in [5.41, 5.74) is 2.83. The molecule has 3 aromatic heterocycles. The number of hydrogen-bond acceptors (Lipinski definition) is 3. The maximum absolute atomic E-state index is 10.8. The van der Waals surface area contributed by atoms with Crippen LogP contribution in [0.2, 0.25) is 0 Å². The lowest BCUT2D eigenvalue weighted by Gasteiger charge is -1.95. The van der Waals surface area contributed by atoms with E-state index in [9.17, 15) is 4.79 Å². The quantitative estimate of drug-likeness (QED) is 0.701. The lowest BCUT2D eigenvalue weighted by molar-refractivity contribution is 0.0702. The van der Waals surface area contributed by atoms with Crippen molar-refractivity contribution in [1.29, 1.82) is 0 Å². The smallest absolute Gasteiger partial charge is 0.346 e. The minimum atomic E-state index is -0.899. The zero-order valence-electron chi connectivity index (χ0n) is 8.47. The van der Waals surface area contributed by atoms with Crippen LogP contribution in [0.1, 0.15) is 15.2 Å². The topological polar surface area (TPSA) is 54.6 Å². The maximum Gasteiger partial charge on any atom is 0.346 e. The summed E-state index contributed by atoms with van der Waals surface area (Å²) >= 11 is 1.21. The van der Waals surface area contributed by atoms with Gasteiger partial charge in [0.2, 0.25) is 0 Å². The van der Waals surface area contributed by atoms with Gasteiger partial charge in [0.05, 0.1) is 5.52 Å². The third kappa shape index (κ3) is 1.22. The number of aromatic nitrogens is 2. The molecule has 5 heteroatoms. The van der Waals surface area contributed by atoms with Crippen LogP contribution in [-0.4, -0.2) is 20.5 Å². The Hall–Kier alpha value is -1.88. The van der Waals surface area contributed by atoms with Gasteiger partial charge in [0, 0.05) is 6.20 Å². The molecule has 3 aromatic rings. The highest BCUT2D eigenvalue weighted by Gasteiger charge is 2.13. The minimum Gasteiger partial charge on any atom is -0.477 e. The molecule has 0 radical (unpaired) electrons. The van der Waals surface area contributed by atoms with E-state index >= 15 is 0 Å². The molecule has 0 unspecified atom stereocenters. The Morgan fingerprint density at radius 2 is 2.31 bits per heavy atom. The molecule has 80 valence electrons. The Morgan fingerprint density at radius 1 is 1.50 bits per heavy atom. The first kappa shape index (κ1) is 9.35. The van der Waals surface area contributed by atoms with E-state index in [0.717, 1.165) is 21.6 Å². The number of imidazole rings is 1. The highest BCUT2D eigenvalue weighted by molar-refractivity contribution is 7.20. The largest absolute Gasteiger partial charge is 0.477 e. The molecule has 0 spiro atoms. The van der Waals surface area contributed by atoms with Crippen LogP contribution in [0, 0.1) is 6.92 Å². The Labute approximate surface area is 94.8 Å². The average molecular weight is 232 g/mol. The van der Waals surface area contributed by atoms with Crippen molar-refractivity contribution in [2.75, 3.05) is 0 Å². The van der Waals surface area contributed by atoms with Crippen LogP contribution in [0.4, 0.5) is 0 Å². The molecule has 0 amide bonds. The van der Waals surface area contributed by atoms with E-state index in [0.29, 0.717) is 4.88 Å². The van der Waals surface area contributed by atoms with E-state index < -0.39 is 5.97 Å². The van der Waals surface area contributed by atoms with Crippen molar-refractivity contribution < 1.29 is 9.90 Å². The molecule has 16 heavy (non-hydrogen) atoms. The third-order valence-electron chi connectivity index (χ3n) is 2.45. The fourth-order valence-electron chi connectivity index (χ4n) is 1.72. The van der Waals surface area contributed by atoms with Crippen molar-refractivity contribution >= 4 is 33.3 Å². The second-order valence-corrected chi connectivity index (χ2v) is 4.68. The fraction of sp³-hybridized carbons (Fsp3) is 0.0909. The summed E-state index contributed by atoms with van der Waals surface area (Å²) in [4.78, 5) is 16.3. The maximum atomic E-state index is 10.8. The molecular weight excluding hydrogens is 224 g/mol. The summed E-state index contributed by atoms with van der Waals surface area (Å²) in [7, 11) is 0. The number of aryl methyl sites for hydroxylation is 1. The number of aromatic carboxylic acids is 1. The van der Waals surface area contributed by atoms with E-state index in [1.54, 1.807) is 6.07 Å². The summed E-state index contributed by atoms with van der Waals surface area (Å²) < 4.78 is 1.92. The zero-order chi connectivity index (χ0) is 11.3. The number of rotatable bonds is 1. The number of nitrogens with zero attached hydrogens (tertiary/aromatic N) is 2. The van der Waals surface area contributed by atoms with Gasteiger partial charge >= 0.3 is 5.97 Å². The van der Waals surface area contributed by atoms with Crippen LogP contribution in [0.15, 0.2) is 24.4 Å². The second-order valence-electron chi connectivity index (χ2n) is 3.65. The second kappa shape index (κ2) is 3.05. The molecule has 0 fully saturated rings. The number of carboxylic acid groups (broad SMARTS) is 1. The van der Waals surface area contributed by atoms with Gasteiger partial charge in [-0.2, -0.15) is 0 Å². The standard InChI is InChI=1S/C11H8N2O2S/c1-6-2-3-9-12-10-7(13(9)5-6)4-8(16-10)11(14)15/h2-5H,1H3,(H,14,15). The normalized spacial score (nSPS) is 11.3. The van der Waals surface area contributed by atoms with Crippen molar-refractivity contribution in [2.24, 2.45) is 0 Å². The summed E-state index contributed by atoms with van der Waals surface area (Å²) in [6.07, 6.45) is 1.96. The van der Waals surface area contributed by atoms with Crippen molar-refractivity contribution in [3.8, 4) is 0 Å². The van der Waals surface area contributed by atoms with E-state index in [4.69, 9.17) is 5.11 Å². The monoisotopic (exact) mass is 232 g/mol. The number of pyridine rings is 1. The summed E-state index contributed by atoms with van der Waals surface area (Å²) in [5.74, 6) is -0.899.